The highest BCUT2D eigenvalue weighted by Crippen LogP contribution is 2.36. The number of pyridine rings is 1. The minimum atomic E-state index is 0.0430. The fourth-order valence-corrected chi connectivity index (χ4v) is 3.72. The van der Waals surface area contributed by atoms with Crippen molar-refractivity contribution in [1.29, 1.82) is 0 Å². The molecule has 4 heteroatoms. The second-order valence-electron chi connectivity index (χ2n) is 6.22. The smallest absolute Gasteiger partial charge is 0.251 e. The van der Waals surface area contributed by atoms with E-state index in [4.69, 9.17) is 0 Å². The lowest BCUT2D eigenvalue weighted by Crippen LogP contribution is -2.29. The van der Waals surface area contributed by atoms with Crippen LogP contribution in [0.1, 0.15) is 27.4 Å². The van der Waals surface area contributed by atoms with Gasteiger partial charge in [-0.15, -0.1) is 0 Å². The van der Waals surface area contributed by atoms with Gasteiger partial charge in [-0.3, -0.25) is 14.7 Å². The number of nitrogens with one attached hydrogen (secondary N) is 1. The third-order valence-electron chi connectivity index (χ3n) is 4.79. The first-order chi connectivity index (χ1) is 10.8. The van der Waals surface area contributed by atoms with E-state index in [9.17, 15) is 4.79 Å². The van der Waals surface area contributed by atoms with Crippen LogP contribution in [-0.2, 0) is 6.54 Å². The fourth-order valence-electron chi connectivity index (χ4n) is 3.72. The van der Waals surface area contributed by atoms with E-state index in [1.54, 1.807) is 6.20 Å². The second kappa shape index (κ2) is 5.54. The molecule has 2 atom stereocenters. The van der Waals surface area contributed by atoms with Crippen molar-refractivity contribution in [1.82, 2.24) is 15.2 Å². The summed E-state index contributed by atoms with van der Waals surface area (Å²) in [5.74, 6) is 0.908. The zero-order chi connectivity index (χ0) is 14.9. The lowest BCUT2D eigenvalue weighted by molar-refractivity contribution is 0.0951. The van der Waals surface area contributed by atoms with Crippen molar-refractivity contribution in [3.8, 4) is 0 Å². The summed E-state index contributed by atoms with van der Waals surface area (Å²) < 4.78 is 0. The second-order valence-corrected chi connectivity index (χ2v) is 6.22. The van der Waals surface area contributed by atoms with Crippen LogP contribution in [-0.4, -0.2) is 35.4 Å². The average molecular weight is 293 g/mol. The first-order valence-electron chi connectivity index (χ1n) is 7.79. The largest absolute Gasteiger partial charge is 0.352 e. The molecule has 1 saturated heterocycles. The van der Waals surface area contributed by atoms with E-state index in [0.717, 1.165) is 37.3 Å². The molecule has 1 aromatic carbocycles. The Bertz CT molecular complexity index is 686. The molecule has 1 unspecified atom stereocenters. The van der Waals surface area contributed by atoms with Crippen molar-refractivity contribution in [2.75, 3.05) is 19.6 Å². The Labute approximate surface area is 130 Å². The summed E-state index contributed by atoms with van der Waals surface area (Å²) >= 11 is 0. The lowest BCUT2D eigenvalue weighted by atomic mass is 9.89. The molecule has 0 saturated carbocycles. The predicted octanol–water partition coefficient (Wildman–Crippen LogP) is 2.04. The van der Waals surface area contributed by atoms with Crippen LogP contribution < -0.4 is 5.32 Å². The average Bonchev–Trinajstić information content (AvgIpc) is 2.91. The molecule has 2 aliphatic rings. The van der Waals surface area contributed by atoms with Crippen molar-refractivity contribution in [2.24, 2.45) is 5.92 Å². The van der Waals surface area contributed by atoms with Crippen molar-refractivity contribution in [3.05, 3.63) is 65.5 Å². The number of fused-ring (bicyclic) bond motifs is 3. The highest BCUT2D eigenvalue weighted by molar-refractivity contribution is 5.96. The summed E-state index contributed by atoms with van der Waals surface area (Å²) in [5.41, 5.74) is 3.25. The van der Waals surface area contributed by atoms with Crippen LogP contribution in [0.2, 0.25) is 0 Å². The van der Waals surface area contributed by atoms with Gasteiger partial charge in [0.15, 0.2) is 0 Å². The topological polar surface area (TPSA) is 45.2 Å². The molecule has 1 aromatic heterocycles. The van der Waals surface area contributed by atoms with Gasteiger partial charge in [-0.25, -0.2) is 0 Å². The molecular weight excluding hydrogens is 274 g/mol. The van der Waals surface area contributed by atoms with Crippen LogP contribution in [0.4, 0.5) is 0 Å². The van der Waals surface area contributed by atoms with Gasteiger partial charge in [-0.2, -0.15) is 0 Å². The Kier molecular flexibility index (Phi) is 3.39. The summed E-state index contributed by atoms with van der Waals surface area (Å²) in [6, 6.07) is 12.4. The molecule has 1 amide bonds. The molecule has 0 radical (unpaired) electrons. The quantitative estimate of drug-likeness (QED) is 0.921. The maximum Gasteiger partial charge on any atom is 0.251 e. The maximum absolute atomic E-state index is 12.2. The van der Waals surface area contributed by atoms with Crippen molar-refractivity contribution in [3.63, 3.8) is 0 Å². The molecule has 2 aromatic rings. The van der Waals surface area contributed by atoms with Gasteiger partial charge in [0, 0.05) is 50.1 Å². The molecule has 1 fully saturated rings. The van der Waals surface area contributed by atoms with Crippen molar-refractivity contribution in [2.45, 2.75) is 12.5 Å². The normalized spacial score (nSPS) is 24.3. The molecule has 4 rings (SSSR count). The Morgan fingerprint density at radius 3 is 2.91 bits per heavy atom. The molecule has 22 heavy (non-hydrogen) atoms. The molecule has 0 spiro atoms. The number of nitrogens with zero attached hydrogens (tertiary/aromatic N) is 2. The van der Waals surface area contributed by atoms with Gasteiger partial charge < -0.3 is 5.32 Å². The summed E-state index contributed by atoms with van der Waals surface area (Å²) in [5, 5.41) is 3.06. The highest BCUT2D eigenvalue weighted by Gasteiger charge is 2.38. The summed E-state index contributed by atoms with van der Waals surface area (Å²) in [6.45, 7) is 3.74. The number of benzene rings is 1. The number of aromatic nitrogens is 1. The highest BCUT2D eigenvalue weighted by atomic mass is 16.1. The van der Waals surface area contributed by atoms with Gasteiger partial charge in [0.25, 0.3) is 5.91 Å². The van der Waals surface area contributed by atoms with Crippen LogP contribution in [0, 0.1) is 5.92 Å². The van der Waals surface area contributed by atoms with Crippen molar-refractivity contribution >= 4 is 5.91 Å². The van der Waals surface area contributed by atoms with Gasteiger partial charge in [0.05, 0.1) is 0 Å². The van der Waals surface area contributed by atoms with Gasteiger partial charge in [-0.05, 0) is 23.1 Å². The summed E-state index contributed by atoms with van der Waals surface area (Å²) in [6.07, 6.45) is 3.58. The molecule has 0 aliphatic carbocycles. The standard InChI is InChI=1S/C18H19N3O/c22-18-15-6-7-19-9-16(15)17-12-21(11-14(17)8-20-18)10-13-4-2-1-3-5-13/h1-7,9,14,17H,8,10-12H2,(H,20,22)/t14-,17?/m0/s1. The van der Waals surface area contributed by atoms with E-state index in [0.29, 0.717) is 11.8 Å². The summed E-state index contributed by atoms with van der Waals surface area (Å²) in [7, 11) is 0. The van der Waals surface area contributed by atoms with Crippen LogP contribution in [0.15, 0.2) is 48.8 Å². The predicted molar refractivity (Wildman–Crippen MR) is 84.5 cm³/mol. The number of amides is 1. The molecular formula is C18H19N3O. The van der Waals surface area contributed by atoms with Gasteiger partial charge in [0.1, 0.15) is 0 Å². The molecule has 4 nitrogen and oxygen atoms in total. The third-order valence-corrected chi connectivity index (χ3v) is 4.79. The van der Waals surface area contributed by atoms with E-state index in [1.807, 2.05) is 12.3 Å². The SMILES string of the molecule is O=C1NC[C@H]2CN(Cc3ccccc3)CC2c2cnccc21. The Balaban J connectivity index is 1.58. The zero-order valence-electron chi connectivity index (χ0n) is 12.4. The summed E-state index contributed by atoms with van der Waals surface area (Å²) in [4.78, 5) is 18.9. The number of carbonyl (C=O) groups is 1. The van der Waals surface area contributed by atoms with E-state index in [1.165, 1.54) is 5.56 Å². The molecule has 112 valence electrons. The first kappa shape index (κ1) is 13.5. The van der Waals surface area contributed by atoms with Crippen molar-refractivity contribution < 1.29 is 4.79 Å². The van der Waals surface area contributed by atoms with E-state index < -0.39 is 0 Å². The van der Waals surface area contributed by atoms with Gasteiger partial charge >= 0.3 is 0 Å². The molecule has 1 N–H and O–H groups in total. The van der Waals surface area contributed by atoms with E-state index >= 15 is 0 Å². The molecule has 3 heterocycles. The van der Waals surface area contributed by atoms with Crippen LogP contribution in [0.25, 0.3) is 0 Å². The fraction of sp³-hybridized carbons (Fsp3) is 0.333. The third kappa shape index (κ3) is 2.40. The van der Waals surface area contributed by atoms with Gasteiger partial charge in [-0.1, -0.05) is 30.3 Å². The Morgan fingerprint density at radius 1 is 1.18 bits per heavy atom. The maximum atomic E-state index is 12.2. The van der Waals surface area contributed by atoms with E-state index in [-0.39, 0.29) is 5.91 Å². The molecule has 2 aliphatic heterocycles. The number of hydrogen-bond donors (Lipinski definition) is 1. The zero-order valence-corrected chi connectivity index (χ0v) is 12.4. The number of likely N-dealkylation sites (tertiary alicyclic amines) is 1. The minimum absolute atomic E-state index is 0.0430. The first-order valence-corrected chi connectivity index (χ1v) is 7.79. The van der Waals surface area contributed by atoms with Gasteiger partial charge in [0.2, 0.25) is 0 Å². The Hall–Kier alpha value is -2.20. The van der Waals surface area contributed by atoms with Crippen LogP contribution in [0.5, 0.6) is 0 Å². The van der Waals surface area contributed by atoms with Crippen LogP contribution >= 0.6 is 0 Å². The lowest BCUT2D eigenvalue weighted by Gasteiger charge is -2.17. The monoisotopic (exact) mass is 293 g/mol. The van der Waals surface area contributed by atoms with Crippen LogP contribution in [0.3, 0.4) is 0 Å². The number of rotatable bonds is 2. The Morgan fingerprint density at radius 2 is 2.05 bits per heavy atom. The van der Waals surface area contributed by atoms with E-state index in [2.05, 4.69) is 45.5 Å². The number of hydrogen-bond acceptors (Lipinski definition) is 3. The minimum Gasteiger partial charge on any atom is -0.352 e. The molecule has 0 bridgehead atoms. The number of carbonyl (C=O) groups excluding carboxylic acids is 1.